The molecule has 2 aromatic carbocycles. The number of para-hydroxylation sites is 1. The average molecular weight is 552 g/mol. The van der Waals surface area contributed by atoms with Gasteiger partial charge in [-0.25, -0.2) is 0 Å². The van der Waals surface area contributed by atoms with E-state index in [1.807, 2.05) is 51.1 Å². The van der Waals surface area contributed by atoms with E-state index in [4.69, 9.17) is 4.74 Å². The molecule has 3 N–H and O–H groups in total. The first-order valence-corrected chi connectivity index (χ1v) is 14.5. The monoisotopic (exact) mass is 551 g/mol. The lowest BCUT2D eigenvalue weighted by atomic mass is 9.66. The Labute approximate surface area is 233 Å². The Morgan fingerprint density at radius 3 is 2.41 bits per heavy atom. The summed E-state index contributed by atoms with van der Waals surface area (Å²) in [5.41, 5.74) is 3.30. The third-order valence-electron chi connectivity index (χ3n) is 8.53. The van der Waals surface area contributed by atoms with Crippen molar-refractivity contribution in [3.63, 3.8) is 0 Å². The van der Waals surface area contributed by atoms with Crippen LogP contribution < -0.4 is 15.4 Å². The fourth-order valence-electron chi connectivity index (χ4n) is 6.83. The maximum atomic E-state index is 14.1. The number of anilines is 2. The highest BCUT2D eigenvalue weighted by atomic mass is 32.2. The van der Waals surface area contributed by atoms with Crippen LogP contribution in [0.1, 0.15) is 44.2 Å². The van der Waals surface area contributed by atoms with Gasteiger partial charge in [0.2, 0.25) is 17.7 Å². The largest absolute Gasteiger partial charge is 0.494 e. The molecule has 0 radical (unpaired) electrons. The second kappa shape index (κ2) is 10.5. The minimum atomic E-state index is -0.726. The molecular formula is C30H37N3O5S. The van der Waals surface area contributed by atoms with Gasteiger partial charge in [-0.2, -0.15) is 0 Å². The van der Waals surface area contributed by atoms with Gasteiger partial charge in [0.05, 0.1) is 23.2 Å². The van der Waals surface area contributed by atoms with Crippen LogP contribution in [0.4, 0.5) is 11.4 Å². The van der Waals surface area contributed by atoms with Crippen molar-refractivity contribution in [1.82, 2.24) is 4.90 Å². The van der Waals surface area contributed by atoms with Crippen molar-refractivity contribution < 1.29 is 24.2 Å². The number of hydrogen-bond acceptors (Lipinski definition) is 6. The Kier molecular flexibility index (Phi) is 7.41. The summed E-state index contributed by atoms with van der Waals surface area (Å²) < 4.78 is 4.34. The third-order valence-corrected chi connectivity index (χ3v) is 10.5. The minimum absolute atomic E-state index is 0.0841. The minimum Gasteiger partial charge on any atom is -0.494 e. The van der Waals surface area contributed by atoms with Crippen LogP contribution in [0.15, 0.2) is 42.5 Å². The van der Waals surface area contributed by atoms with Crippen molar-refractivity contribution in [2.75, 3.05) is 30.4 Å². The molecular weight excluding hydrogens is 514 g/mol. The molecule has 1 spiro atoms. The molecule has 5 atom stereocenters. The molecule has 3 aliphatic rings. The Morgan fingerprint density at radius 2 is 1.77 bits per heavy atom. The van der Waals surface area contributed by atoms with E-state index in [1.54, 1.807) is 28.8 Å². The quantitative estimate of drug-likeness (QED) is 0.432. The van der Waals surface area contributed by atoms with Crippen molar-refractivity contribution in [2.45, 2.75) is 62.5 Å². The lowest BCUT2D eigenvalue weighted by Crippen LogP contribution is -2.52. The molecule has 2 aromatic rings. The maximum Gasteiger partial charge on any atom is 0.248 e. The number of nitrogens with one attached hydrogen (secondary N) is 2. The molecule has 2 unspecified atom stereocenters. The second-order valence-corrected chi connectivity index (χ2v) is 12.9. The number of carbonyl (C=O) groups excluding carboxylic acids is 3. The lowest BCUT2D eigenvalue weighted by molar-refractivity contribution is -0.139. The third kappa shape index (κ3) is 4.59. The van der Waals surface area contributed by atoms with E-state index in [1.165, 1.54) is 0 Å². The Balaban J connectivity index is 1.46. The van der Waals surface area contributed by atoms with Crippen LogP contribution in [0.25, 0.3) is 0 Å². The normalized spacial score (nSPS) is 28.9. The highest BCUT2D eigenvalue weighted by molar-refractivity contribution is 8.02. The molecule has 8 nitrogen and oxygen atoms in total. The van der Waals surface area contributed by atoms with Gasteiger partial charge in [0.25, 0.3) is 0 Å². The molecule has 5 rings (SSSR count). The fourth-order valence-corrected chi connectivity index (χ4v) is 9.19. The number of amides is 3. The summed E-state index contributed by atoms with van der Waals surface area (Å²) in [6.07, 6.45) is 1.79. The smallest absolute Gasteiger partial charge is 0.248 e. The zero-order chi connectivity index (χ0) is 27.9. The van der Waals surface area contributed by atoms with Crippen LogP contribution in [-0.2, 0) is 14.4 Å². The number of nitrogens with zero attached hydrogens (tertiary/aromatic N) is 1. The van der Waals surface area contributed by atoms with Crippen LogP contribution in [0.2, 0.25) is 0 Å². The molecule has 3 fully saturated rings. The first-order chi connectivity index (χ1) is 18.6. The summed E-state index contributed by atoms with van der Waals surface area (Å²) in [5.74, 6) is -1.08. The number of ether oxygens (including phenoxy) is 1. The van der Waals surface area contributed by atoms with E-state index in [9.17, 15) is 19.5 Å². The molecule has 3 heterocycles. The molecule has 2 bridgehead atoms. The standard InChI is InChI=1S/C30H37N3O5S/c1-5-38-21-12-10-20(11-13-21)31-26(35)22-23-28(37)33(16-7-17-34)25(30(23)15-14-29(22,4)39-30)27(36)32-24-18(2)8-6-9-19(24)3/h6,8-13,22-23,25,34H,5,7,14-17H2,1-4H3,(H,31,35)(H,32,36)/t22-,23+,25?,29+,30?/m1/s1. The van der Waals surface area contributed by atoms with Crippen molar-refractivity contribution in [3.05, 3.63) is 53.6 Å². The number of aliphatic hydroxyl groups is 1. The van der Waals surface area contributed by atoms with Gasteiger partial charge in [0, 0.05) is 29.3 Å². The number of aliphatic hydroxyl groups excluding tert-OH is 1. The number of hydrogen-bond donors (Lipinski definition) is 3. The van der Waals surface area contributed by atoms with Gasteiger partial charge in [-0.15, -0.1) is 11.8 Å². The maximum absolute atomic E-state index is 14.1. The molecule has 3 saturated heterocycles. The van der Waals surface area contributed by atoms with E-state index in [2.05, 4.69) is 17.6 Å². The second-order valence-electron chi connectivity index (χ2n) is 11.0. The summed E-state index contributed by atoms with van der Waals surface area (Å²) >= 11 is 1.64. The van der Waals surface area contributed by atoms with Gasteiger partial charge in [-0.1, -0.05) is 18.2 Å². The van der Waals surface area contributed by atoms with Crippen LogP contribution in [0, 0.1) is 25.7 Å². The predicted octanol–water partition coefficient (Wildman–Crippen LogP) is 4.14. The summed E-state index contributed by atoms with van der Waals surface area (Å²) in [5, 5.41) is 15.7. The average Bonchev–Trinajstić information content (AvgIpc) is 3.47. The molecule has 3 aliphatic heterocycles. The summed E-state index contributed by atoms with van der Waals surface area (Å²) in [6, 6.07) is 12.3. The highest BCUT2D eigenvalue weighted by Gasteiger charge is 2.77. The molecule has 9 heteroatoms. The van der Waals surface area contributed by atoms with E-state index >= 15 is 0 Å². The fraction of sp³-hybridized carbons (Fsp3) is 0.500. The van der Waals surface area contributed by atoms with Gasteiger partial charge < -0.3 is 25.4 Å². The number of carbonyl (C=O) groups is 3. The molecule has 39 heavy (non-hydrogen) atoms. The van der Waals surface area contributed by atoms with E-state index in [0.29, 0.717) is 25.1 Å². The van der Waals surface area contributed by atoms with Crippen molar-refractivity contribution in [3.8, 4) is 5.75 Å². The summed E-state index contributed by atoms with van der Waals surface area (Å²) in [4.78, 5) is 43.5. The number of aryl methyl sites for hydroxylation is 2. The molecule has 3 amide bonds. The number of likely N-dealkylation sites (tertiary alicyclic amines) is 1. The topological polar surface area (TPSA) is 108 Å². The molecule has 0 aliphatic carbocycles. The van der Waals surface area contributed by atoms with Gasteiger partial charge in [-0.05, 0) is 82.3 Å². The van der Waals surface area contributed by atoms with E-state index < -0.39 is 27.4 Å². The number of benzene rings is 2. The Bertz CT molecular complexity index is 1260. The number of thioether (sulfide) groups is 1. The zero-order valence-corrected chi connectivity index (χ0v) is 23.8. The van der Waals surface area contributed by atoms with Gasteiger partial charge in [-0.3, -0.25) is 14.4 Å². The van der Waals surface area contributed by atoms with Crippen LogP contribution >= 0.6 is 11.8 Å². The Hall–Kier alpha value is -3.04. The van der Waals surface area contributed by atoms with Gasteiger partial charge >= 0.3 is 0 Å². The highest BCUT2D eigenvalue weighted by Crippen LogP contribution is 2.71. The molecule has 208 valence electrons. The van der Waals surface area contributed by atoms with E-state index in [-0.39, 0.29) is 30.9 Å². The summed E-state index contributed by atoms with van der Waals surface area (Å²) in [7, 11) is 0. The Morgan fingerprint density at radius 1 is 1.08 bits per heavy atom. The molecule has 0 aromatic heterocycles. The van der Waals surface area contributed by atoms with Crippen molar-refractivity contribution >= 4 is 40.9 Å². The first kappa shape index (κ1) is 27.5. The van der Waals surface area contributed by atoms with Gasteiger partial charge in [0.15, 0.2) is 0 Å². The lowest BCUT2D eigenvalue weighted by Gasteiger charge is -2.35. The number of rotatable bonds is 9. The van der Waals surface area contributed by atoms with Gasteiger partial charge in [0.1, 0.15) is 11.8 Å². The SMILES string of the molecule is CCOc1ccc(NC(=O)[C@H]2[C@H]3C(=O)N(CCCO)C(C(=O)Nc4c(C)cccc4C)C34CC[C@]2(C)S4)cc1. The van der Waals surface area contributed by atoms with Crippen molar-refractivity contribution in [1.29, 1.82) is 0 Å². The number of fused-ring (bicyclic) bond motifs is 1. The predicted molar refractivity (Wildman–Crippen MR) is 153 cm³/mol. The van der Waals surface area contributed by atoms with Crippen LogP contribution in [0.5, 0.6) is 5.75 Å². The molecule has 0 saturated carbocycles. The van der Waals surface area contributed by atoms with E-state index in [0.717, 1.165) is 29.0 Å². The van der Waals surface area contributed by atoms with Crippen LogP contribution in [0.3, 0.4) is 0 Å². The summed E-state index contributed by atoms with van der Waals surface area (Å²) in [6.45, 7) is 8.61. The van der Waals surface area contributed by atoms with Crippen molar-refractivity contribution in [2.24, 2.45) is 11.8 Å². The zero-order valence-electron chi connectivity index (χ0n) is 23.0. The van der Waals surface area contributed by atoms with Crippen LogP contribution in [-0.4, -0.2) is 63.0 Å². The first-order valence-electron chi connectivity index (χ1n) is 13.7.